The van der Waals surface area contributed by atoms with Crippen LogP contribution < -0.4 is 0 Å². The van der Waals surface area contributed by atoms with Crippen molar-refractivity contribution in [1.29, 1.82) is 0 Å². The largest absolute Gasteiger partial charge is 0.394 e. The predicted octanol–water partition coefficient (Wildman–Crippen LogP) is 0.781. The zero-order chi connectivity index (χ0) is 11.2. The van der Waals surface area contributed by atoms with Crippen molar-refractivity contribution in [1.82, 2.24) is 0 Å². The third-order valence-electron chi connectivity index (χ3n) is 2.17. The highest BCUT2D eigenvalue weighted by Crippen LogP contribution is 2.34. The smallest absolute Gasteiger partial charge is 0.350 e. The van der Waals surface area contributed by atoms with Crippen LogP contribution >= 0.6 is 7.68 Å². The zero-order valence-electron chi connectivity index (χ0n) is 8.22. The van der Waals surface area contributed by atoms with Crippen molar-refractivity contribution < 1.29 is 24.4 Å². The number of aliphatic hydroxyl groups excluding tert-OH is 2. The van der Waals surface area contributed by atoms with E-state index in [9.17, 15) is 14.2 Å². The number of unbranched alkanes of at least 4 members (excludes halogenated alkanes) is 2. The van der Waals surface area contributed by atoms with Crippen LogP contribution in [0.5, 0.6) is 0 Å². The molecule has 0 bridgehead atoms. The second-order valence-electron chi connectivity index (χ2n) is 3.29. The lowest BCUT2D eigenvalue weighted by Crippen LogP contribution is -2.40. The minimum absolute atomic E-state index is 0.0404. The predicted molar refractivity (Wildman–Crippen MR) is 50.5 cm³/mol. The van der Waals surface area contributed by atoms with Crippen molar-refractivity contribution in [2.75, 3.05) is 6.61 Å². The average molecular weight is 224 g/mol. The number of aliphatic hydroxyl groups is 3. The molecule has 84 valence electrons. The number of rotatable bonds is 7. The van der Waals surface area contributed by atoms with Gasteiger partial charge in [-0.3, -0.25) is 0 Å². The first-order valence-corrected chi connectivity index (χ1v) is 5.82. The Balaban J connectivity index is 4.40. The third-order valence-corrected chi connectivity index (χ3v) is 3.33. The minimum atomic E-state index is -3.16. The summed E-state index contributed by atoms with van der Waals surface area (Å²) in [4.78, 5) is 0. The Morgan fingerprint density at radius 1 is 1.36 bits per heavy atom. The Kier molecular flexibility index (Phi) is 6.20. The fourth-order valence-corrected chi connectivity index (χ4v) is 1.83. The molecule has 6 heteroatoms. The second kappa shape index (κ2) is 6.30. The summed E-state index contributed by atoms with van der Waals surface area (Å²) < 4.78 is 21.5. The van der Waals surface area contributed by atoms with Crippen LogP contribution in [0.4, 0.5) is 0 Å². The van der Waals surface area contributed by atoms with Crippen LogP contribution in [0, 0.1) is 0 Å². The van der Waals surface area contributed by atoms with Gasteiger partial charge in [-0.05, 0) is 12.8 Å². The van der Waals surface area contributed by atoms with Gasteiger partial charge in [0.15, 0.2) is 0 Å². The van der Waals surface area contributed by atoms with Crippen LogP contribution in [0.25, 0.3) is 0 Å². The first-order valence-electron chi connectivity index (χ1n) is 4.64. The van der Waals surface area contributed by atoms with Crippen LogP contribution in [0.1, 0.15) is 32.6 Å². The lowest BCUT2D eigenvalue weighted by molar-refractivity contribution is -0.0478. The van der Waals surface area contributed by atoms with Crippen LogP contribution in [0.15, 0.2) is 0 Å². The van der Waals surface area contributed by atoms with Crippen molar-refractivity contribution in [3.63, 3.8) is 0 Å². The SMILES string of the molecule is CCCCCC(O)(C(O)CO)P(=O)=O. The molecule has 2 atom stereocenters. The lowest BCUT2D eigenvalue weighted by atomic mass is 10.1. The maximum absolute atomic E-state index is 10.7. The van der Waals surface area contributed by atoms with Gasteiger partial charge in [0.2, 0.25) is 5.34 Å². The molecule has 0 aliphatic heterocycles. The maximum Gasteiger partial charge on any atom is 0.350 e. The summed E-state index contributed by atoms with van der Waals surface area (Å²) in [6, 6.07) is 0. The molecule has 0 heterocycles. The Hall–Kier alpha value is -0.220. The highest BCUT2D eigenvalue weighted by atomic mass is 31.1. The molecule has 2 unspecified atom stereocenters. The van der Waals surface area contributed by atoms with Crippen LogP contribution in [0.2, 0.25) is 0 Å². The molecule has 0 aromatic rings. The third kappa shape index (κ3) is 3.50. The second-order valence-corrected chi connectivity index (χ2v) is 4.58. The van der Waals surface area contributed by atoms with Gasteiger partial charge in [-0.2, -0.15) is 0 Å². The van der Waals surface area contributed by atoms with E-state index in [1.807, 2.05) is 6.92 Å². The molecular formula is C8H17O5P. The van der Waals surface area contributed by atoms with Crippen molar-refractivity contribution in [3.8, 4) is 0 Å². The van der Waals surface area contributed by atoms with Crippen molar-refractivity contribution in [3.05, 3.63) is 0 Å². The van der Waals surface area contributed by atoms with Gasteiger partial charge in [-0.15, -0.1) is 0 Å². The van der Waals surface area contributed by atoms with Crippen LogP contribution in [-0.2, 0) is 9.13 Å². The Morgan fingerprint density at radius 2 is 1.93 bits per heavy atom. The molecule has 0 saturated heterocycles. The summed E-state index contributed by atoms with van der Waals surface area (Å²) in [5.41, 5.74) is 0. The van der Waals surface area contributed by atoms with Crippen LogP contribution in [0.3, 0.4) is 0 Å². The molecule has 5 nitrogen and oxygen atoms in total. The lowest BCUT2D eigenvalue weighted by Gasteiger charge is -2.24. The first kappa shape index (κ1) is 13.8. The number of hydrogen-bond donors (Lipinski definition) is 3. The van der Waals surface area contributed by atoms with Gasteiger partial charge < -0.3 is 15.3 Å². The van der Waals surface area contributed by atoms with E-state index < -0.39 is 25.7 Å². The number of hydrogen-bond acceptors (Lipinski definition) is 5. The average Bonchev–Trinajstić information content (AvgIpc) is 2.16. The first-order chi connectivity index (χ1) is 6.49. The van der Waals surface area contributed by atoms with E-state index in [2.05, 4.69) is 0 Å². The van der Waals surface area contributed by atoms with Crippen molar-refractivity contribution in [2.24, 2.45) is 0 Å². The molecule has 0 fully saturated rings. The molecule has 0 rings (SSSR count). The molecule has 0 saturated carbocycles. The molecule has 0 aromatic heterocycles. The molecule has 3 N–H and O–H groups in total. The van der Waals surface area contributed by atoms with Gasteiger partial charge in [0, 0.05) is 0 Å². The van der Waals surface area contributed by atoms with E-state index in [-0.39, 0.29) is 6.42 Å². The highest BCUT2D eigenvalue weighted by Gasteiger charge is 2.40. The summed E-state index contributed by atoms with van der Waals surface area (Å²) in [5.74, 6) is 0. The van der Waals surface area contributed by atoms with Gasteiger partial charge >= 0.3 is 7.68 Å². The molecule has 0 aromatic carbocycles. The van der Waals surface area contributed by atoms with Gasteiger partial charge in [-0.1, -0.05) is 19.8 Å². The minimum Gasteiger partial charge on any atom is -0.394 e. The van der Waals surface area contributed by atoms with Gasteiger partial charge in [-0.25, -0.2) is 9.13 Å². The van der Waals surface area contributed by atoms with E-state index in [4.69, 9.17) is 10.2 Å². The highest BCUT2D eigenvalue weighted by molar-refractivity contribution is 7.32. The van der Waals surface area contributed by atoms with Crippen LogP contribution in [-0.4, -0.2) is 33.4 Å². The summed E-state index contributed by atoms with van der Waals surface area (Å²) in [5, 5.41) is 25.2. The van der Waals surface area contributed by atoms with E-state index in [1.165, 1.54) is 0 Å². The molecule has 0 radical (unpaired) electrons. The van der Waals surface area contributed by atoms with E-state index in [0.29, 0.717) is 6.42 Å². The Bertz CT molecular complexity index is 220. The van der Waals surface area contributed by atoms with E-state index in [0.717, 1.165) is 12.8 Å². The zero-order valence-corrected chi connectivity index (χ0v) is 9.11. The monoisotopic (exact) mass is 224 g/mol. The van der Waals surface area contributed by atoms with Crippen molar-refractivity contribution >= 4 is 7.68 Å². The van der Waals surface area contributed by atoms with E-state index in [1.54, 1.807) is 0 Å². The quantitative estimate of drug-likeness (QED) is 0.438. The topological polar surface area (TPSA) is 94.8 Å². The summed E-state index contributed by atoms with van der Waals surface area (Å²) in [6.45, 7) is 1.19. The summed E-state index contributed by atoms with van der Waals surface area (Å²) in [7, 11) is -3.16. The Labute approximate surface area is 83.6 Å². The fourth-order valence-electron chi connectivity index (χ4n) is 1.16. The molecule has 0 aliphatic rings. The van der Waals surface area contributed by atoms with Gasteiger partial charge in [0.25, 0.3) is 0 Å². The normalized spacial score (nSPS) is 17.4. The Morgan fingerprint density at radius 3 is 2.29 bits per heavy atom. The van der Waals surface area contributed by atoms with Gasteiger partial charge in [0.05, 0.1) is 6.61 Å². The molecular weight excluding hydrogens is 207 g/mol. The summed E-state index contributed by atoms with van der Waals surface area (Å²) in [6.07, 6.45) is 0.514. The summed E-state index contributed by atoms with van der Waals surface area (Å²) >= 11 is 0. The van der Waals surface area contributed by atoms with Crippen molar-refractivity contribution in [2.45, 2.75) is 44.1 Å². The molecule has 14 heavy (non-hydrogen) atoms. The fraction of sp³-hybridized carbons (Fsp3) is 1.00. The molecule has 0 spiro atoms. The molecule has 0 aliphatic carbocycles. The standard InChI is InChI=1S/C8H17O5P/c1-2-3-4-5-8(11,14(12)13)7(10)6-9/h7,9-11H,2-6H2,1H3. The van der Waals surface area contributed by atoms with Gasteiger partial charge in [0.1, 0.15) is 6.10 Å². The van der Waals surface area contributed by atoms with E-state index >= 15 is 0 Å². The molecule has 0 amide bonds. The maximum atomic E-state index is 10.7.